The quantitative estimate of drug-likeness (QED) is 0.554. The summed E-state index contributed by atoms with van der Waals surface area (Å²) in [4.78, 5) is 16.2. The molecule has 140 valence electrons. The third-order valence-corrected chi connectivity index (χ3v) is 3.88. The number of amides is 1. The summed E-state index contributed by atoms with van der Waals surface area (Å²) in [5.41, 5.74) is -3.30. The number of aromatic nitrogens is 1. The highest BCUT2D eigenvalue weighted by atomic mass is 32.2. The fraction of sp³-hybridized carbons (Fsp3) is 0.294. The zero-order chi connectivity index (χ0) is 19.0. The highest BCUT2D eigenvalue weighted by Crippen LogP contribution is 2.36. The molecule has 0 unspecified atom stereocenters. The van der Waals surface area contributed by atoms with E-state index in [9.17, 15) is 18.0 Å². The number of hydrogen-bond acceptors (Lipinski definition) is 5. The van der Waals surface area contributed by atoms with E-state index in [4.69, 9.17) is 9.47 Å². The summed E-state index contributed by atoms with van der Waals surface area (Å²) in [7, 11) is 1.57. The van der Waals surface area contributed by atoms with Crippen LogP contribution in [0.3, 0.4) is 0 Å². The summed E-state index contributed by atoms with van der Waals surface area (Å²) in [6, 6.07) is 8.68. The first kappa shape index (κ1) is 20.1. The highest BCUT2D eigenvalue weighted by Gasteiger charge is 2.29. The predicted molar refractivity (Wildman–Crippen MR) is 91.1 cm³/mol. The van der Waals surface area contributed by atoms with Crippen molar-refractivity contribution in [3.8, 4) is 5.88 Å². The van der Waals surface area contributed by atoms with Gasteiger partial charge in [0.2, 0.25) is 5.88 Å². The summed E-state index contributed by atoms with van der Waals surface area (Å²) >= 11 is -0.220. The maximum Gasteiger partial charge on any atom is 0.446 e. The number of carbonyl (C=O) groups is 1. The summed E-state index contributed by atoms with van der Waals surface area (Å²) in [5, 5.41) is 2.69. The lowest BCUT2D eigenvalue weighted by Crippen LogP contribution is -2.22. The molecule has 0 radical (unpaired) electrons. The lowest BCUT2D eigenvalue weighted by molar-refractivity contribution is -0.0328. The minimum Gasteiger partial charge on any atom is -0.475 e. The third kappa shape index (κ3) is 6.93. The van der Waals surface area contributed by atoms with Gasteiger partial charge in [-0.25, -0.2) is 4.98 Å². The second-order valence-electron chi connectivity index (χ2n) is 5.10. The van der Waals surface area contributed by atoms with Crippen molar-refractivity contribution in [3.63, 3.8) is 0 Å². The molecule has 0 fully saturated rings. The van der Waals surface area contributed by atoms with Gasteiger partial charge in [-0.3, -0.25) is 4.79 Å². The molecule has 0 aliphatic heterocycles. The molecule has 26 heavy (non-hydrogen) atoms. The molecule has 1 aromatic carbocycles. The van der Waals surface area contributed by atoms with Crippen molar-refractivity contribution in [1.29, 1.82) is 0 Å². The number of alkyl halides is 3. The lowest BCUT2D eigenvalue weighted by Gasteiger charge is -2.08. The van der Waals surface area contributed by atoms with Crippen LogP contribution in [0.5, 0.6) is 5.88 Å². The van der Waals surface area contributed by atoms with Crippen LogP contribution in [0.25, 0.3) is 0 Å². The molecule has 0 saturated carbocycles. The molecule has 0 bridgehead atoms. The first-order valence-corrected chi connectivity index (χ1v) is 8.40. The molecule has 0 atom stereocenters. The molecule has 2 rings (SSSR count). The molecule has 0 aliphatic carbocycles. The van der Waals surface area contributed by atoms with Gasteiger partial charge in [-0.15, -0.1) is 0 Å². The normalized spacial score (nSPS) is 11.2. The number of hydrogen-bond donors (Lipinski definition) is 1. The van der Waals surface area contributed by atoms with Crippen molar-refractivity contribution >= 4 is 17.7 Å². The van der Waals surface area contributed by atoms with E-state index in [1.54, 1.807) is 25.4 Å². The number of halogens is 3. The molecule has 0 saturated heterocycles. The first-order valence-electron chi connectivity index (χ1n) is 7.58. The number of methoxy groups -OCH3 is 1. The van der Waals surface area contributed by atoms with Gasteiger partial charge in [0.15, 0.2) is 0 Å². The van der Waals surface area contributed by atoms with E-state index in [2.05, 4.69) is 10.3 Å². The second-order valence-corrected chi connectivity index (χ2v) is 6.24. The van der Waals surface area contributed by atoms with Gasteiger partial charge in [-0.2, -0.15) is 13.2 Å². The topological polar surface area (TPSA) is 60.5 Å². The van der Waals surface area contributed by atoms with Gasteiger partial charge in [-0.1, -0.05) is 6.07 Å². The summed E-state index contributed by atoms with van der Waals surface area (Å²) in [6.45, 7) is 1.09. The summed E-state index contributed by atoms with van der Waals surface area (Å²) in [6.07, 6.45) is 1.57. The van der Waals surface area contributed by atoms with Gasteiger partial charge < -0.3 is 14.8 Å². The third-order valence-electron chi connectivity index (χ3n) is 3.14. The van der Waals surface area contributed by atoms with Crippen LogP contribution in [0.4, 0.5) is 13.2 Å². The van der Waals surface area contributed by atoms with Crippen molar-refractivity contribution in [2.24, 2.45) is 0 Å². The second kappa shape index (κ2) is 9.44. The molecular formula is C17H17F3N2O3S. The van der Waals surface area contributed by atoms with E-state index in [1.807, 2.05) is 0 Å². The minimum atomic E-state index is -4.35. The van der Waals surface area contributed by atoms with Crippen molar-refractivity contribution in [3.05, 3.63) is 53.7 Å². The van der Waals surface area contributed by atoms with Crippen LogP contribution in [0.2, 0.25) is 0 Å². The van der Waals surface area contributed by atoms with Gasteiger partial charge in [0.1, 0.15) is 6.61 Å². The number of thioether (sulfide) groups is 1. The Balaban J connectivity index is 1.84. The van der Waals surface area contributed by atoms with Gasteiger partial charge >= 0.3 is 5.51 Å². The van der Waals surface area contributed by atoms with E-state index in [1.165, 1.54) is 24.3 Å². The van der Waals surface area contributed by atoms with Crippen molar-refractivity contribution < 1.29 is 27.4 Å². The number of benzene rings is 1. The average molecular weight is 386 g/mol. The molecule has 1 heterocycles. The Labute approximate surface area is 152 Å². The fourth-order valence-electron chi connectivity index (χ4n) is 1.92. The summed E-state index contributed by atoms with van der Waals surface area (Å²) < 4.78 is 47.1. The predicted octanol–water partition coefficient (Wildman–Crippen LogP) is 3.65. The molecule has 1 amide bonds. The minimum absolute atomic E-state index is 0.0299. The smallest absolute Gasteiger partial charge is 0.446 e. The van der Waals surface area contributed by atoms with E-state index < -0.39 is 5.51 Å². The maximum absolute atomic E-state index is 12.3. The van der Waals surface area contributed by atoms with Crippen molar-refractivity contribution in [1.82, 2.24) is 10.3 Å². The molecule has 0 aliphatic rings. The van der Waals surface area contributed by atoms with Crippen LogP contribution in [-0.2, 0) is 11.3 Å². The van der Waals surface area contributed by atoms with Crippen LogP contribution in [0.1, 0.15) is 15.9 Å². The standard InChI is InChI=1S/C17H17F3N2O3S/c1-24-8-9-25-15-7-2-12(10-21-15)11-22-16(23)13-3-5-14(6-4-13)26-17(18,19)20/h2-7,10H,8-9,11H2,1H3,(H,22,23). The Kier molecular flexibility index (Phi) is 7.28. The Hall–Kier alpha value is -2.26. The van der Waals surface area contributed by atoms with Crippen molar-refractivity contribution in [2.45, 2.75) is 16.9 Å². The number of ether oxygens (including phenoxy) is 2. The molecular weight excluding hydrogens is 369 g/mol. The Morgan fingerprint density at radius 1 is 1.15 bits per heavy atom. The molecule has 1 aromatic heterocycles. The van der Waals surface area contributed by atoms with Crippen LogP contribution in [0, 0.1) is 0 Å². The van der Waals surface area contributed by atoms with Crippen LogP contribution >= 0.6 is 11.8 Å². The fourth-order valence-corrected chi connectivity index (χ4v) is 2.46. The molecule has 5 nitrogen and oxygen atoms in total. The van der Waals surface area contributed by atoms with Crippen LogP contribution in [-0.4, -0.2) is 36.7 Å². The van der Waals surface area contributed by atoms with Gasteiger partial charge in [0.25, 0.3) is 5.91 Å². The van der Waals surface area contributed by atoms with Crippen LogP contribution in [0.15, 0.2) is 47.5 Å². The molecule has 9 heteroatoms. The van der Waals surface area contributed by atoms with E-state index >= 15 is 0 Å². The molecule has 0 spiro atoms. The Morgan fingerprint density at radius 2 is 1.88 bits per heavy atom. The van der Waals surface area contributed by atoms with E-state index in [0.29, 0.717) is 19.1 Å². The Morgan fingerprint density at radius 3 is 2.46 bits per heavy atom. The first-order chi connectivity index (χ1) is 12.4. The van der Waals surface area contributed by atoms with Gasteiger partial charge in [0.05, 0.1) is 6.61 Å². The Bertz CT molecular complexity index is 707. The number of pyridine rings is 1. The van der Waals surface area contributed by atoms with E-state index in [0.717, 1.165) is 5.56 Å². The van der Waals surface area contributed by atoms with E-state index in [-0.39, 0.29) is 34.7 Å². The number of nitrogens with zero attached hydrogens (tertiary/aromatic N) is 1. The molecule has 2 aromatic rings. The van der Waals surface area contributed by atoms with Crippen LogP contribution < -0.4 is 10.1 Å². The largest absolute Gasteiger partial charge is 0.475 e. The zero-order valence-electron chi connectivity index (χ0n) is 13.9. The SMILES string of the molecule is COCCOc1ccc(CNC(=O)c2ccc(SC(F)(F)F)cc2)cn1. The number of rotatable bonds is 8. The summed E-state index contributed by atoms with van der Waals surface area (Å²) in [5.74, 6) is 0.0730. The lowest BCUT2D eigenvalue weighted by atomic mass is 10.2. The molecule has 1 N–H and O–H groups in total. The number of nitrogens with one attached hydrogen (secondary N) is 1. The monoisotopic (exact) mass is 386 g/mol. The van der Waals surface area contributed by atoms with Gasteiger partial charge in [0, 0.05) is 36.4 Å². The highest BCUT2D eigenvalue weighted by molar-refractivity contribution is 8.00. The van der Waals surface area contributed by atoms with Crippen molar-refractivity contribution in [2.75, 3.05) is 20.3 Å². The van der Waals surface area contributed by atoms with Gasteiger partial charge in [-0.05, 0) is 41.6 Å². The zero-order valence-corrected chi connectivity index (χ0v) is 14.7. The maximum atomic E-state index is 12.3. The number of carbonyl (C=O) groups excluding carboxylic acids is 1. The average Bonchev–Trinajstić information content (AvgIpc) is 2.60.